The maximum atomic E-state index is 10.9. The second-order valence-corrected chi connectivity index (χ2v) is 4.20. The summed E-state index contributed by atoms with van der Waals surface area (Å²) in [7, 11) is 0. The number of carbonyl (C=O) groups is 1. The second-order valence-electron chi connectivity index (χ2n) is 4.20. The number of carbonyl (C=O) groups excluding carboxylic acids is 1. The standard InChI is InChI=1S/C15H12O2/c1-10(16)17-9-13-8-7-12-6-5-11-3-2-4-14(13)15(11)12/h2-8H,9H2,1H3. The fraction of sp³-hybridized carbons (Fsp3) is 0.133. The summed E-state index contributed by atoms with van der Waals surface area (Å²) >= 11 is 0. The van der Waals surface area contributed by atoms with E-state index >= 15 is 0 Å². The molecule has 0 N–H and O–H groups in total. The molecule has 1 aliphatic rings. The number of rotatable bonds is 2. The van der Waals surface area contributed by atoms with Gasteiger partial charge in [0.25, 0.3) is 0 Å². The Bertz CT molecular complexity index is 626. The lowest BCUT2D eigenvalue weighted by atomic mass is 10.00. The third-order valence-corrected chi connectivity index (χ3v) is 3.07. The zero-order valence-electron chi connectivity index (χ0n) is 9.57. The lowest BCUT2D eigenvalue weighted by Gasteiger charge is -2.08. The minimum Gasteiger partial charge on any atom is -0.461 e. The van der Waals surface area contributed by atoms with Crippen LogP contribution in [-0.4, -0.2) is 5.97 Å². The second kappa shape index (κ2) is 3.74. The van der Waals surface area contributed by atoms with Crippen LogP contribution in [0.5, 0.6) is 0 Å². The van der Waals surface area contributed by atoms with Crippen molar-refractivity contribution in [3.63, 3.8) is 0 Å². The average Bonchev–Trinajstić information content (AvgIpc) is 2.74. The Hall–Kier alpha value is -2.09. The fourth-order valence-corrected chi connectivity index (χ4v) is 2.29. The summed E-state index contributed by atoms with van der Waals surface area (Å²) in [5, 5.41) is 2.43. The Labute approximate surface area is 99.5 Å². The molecule has 1 aliphatic carbocycles. The van der Waals surface area contributed by atoms with E-state index in [9.17, 15) is 4.79 Å². The van der Waals surface area contributed by atoms with Gasteiger partial charge in [-0.1, -0.05) is 42.5 Å². The summed E-state index contributed by atoms with van der Waals surface area (Å²) in [4.78, 5) is 10.9. The first kappa shape index (κ1) is 10.1. The van der Waals surface area contributed by atoms with E-state index in [1.807, 2.05) is 12.1 Å². The molecule has 2 aromatic carbocycles. The number of hydrogen-bond acceptors (Lipinski definition) is 2. The quantitative estimate of drug-likeness (QED) is 0.624. The molecule has 84 valence electrons. The molecule has 0 saturated carbocycles. The van der Waals surface area contributed by atoms with Gasteiger partial charge < -0.3 is 4.74 Å². The van der Waals surface area contributed by atoms with Crippen LogP contribution in [-0.2, 0) is 16.1 Å². The largest absolute Gasteiger partial charge is 0.461 e. The molecule has 0 fully saturated rings. The molecule has 2 heteroatoms. The van der Waals surface area contributed by atoms with Gasteiger partial charge in [-0.05, 0) is 27.5 Å². The third-order valence-electron chi connectivity index (χ3n) is 3.07. The first-order valence-corrected chi connectivity index (χ1v) is 5.62. The molecule has 0 atom stereocenters. The van der Waals surface area contributed by atoms with Gasteiger partial charge in [-0.2, -0.15) is 0 Å². The molecule has 3 rings (SSSR count). The van der Waals surface area contributed by atoms with Crippen molar-refractivity contribution in [2.24, 2.45) is 0 Å². The lowest BCUT2D eigenvalue weighted by Crippen LogP contribution is -1.99. The Balaban J connectivity index is 2.13. The summed E-state index contributed by atoms with van der Waals surface area (Å²) in [5.41, 5.74) is 3.54. The molecule has 0 aliphatic heterocycles. The van der Waals surface area contributed by atoms with Crippen molar-refractivity contribution in [2.45, 2.75) is 13.5 Å². The third kappa shape index (κ3) is 1.62. The lowest BCUT2D eigenvalue weighted by molar-refractivity contribution is -0.142. The molecule has 0 unspecified atom stereocenters. The van der Waals surface area contributed by atoms with Crippen LogP contribution in [0.2, 0.25) is 0 Å². The van der Waals surface area contributed by atoms with E-state index in [4.69, 9.17) is 4.74 Å². The molecule has 0 spiro atoms. The van der Waals surface area contributed by atoms with E-state index in [0.717, 1.165) is 5.56 Å². The maximum Gasteiger partial charge on any atom is 0.302 e. The molecular formula is C15H12O2. The van der Waals surface area contributed by atoms with Gasteiger partial charge in [0.1, 0.15) is 6.61 Å². The van der Waals surface area contributed by atoms with Crippen LogP contribution in [0.1, 0.15) is 23.6 Å². The fourth-order valence-electron chi connectivity index (χ4n) is 2.29. The van der Waals surface area contributed by atoms with Crippen molar-refractivity contribution >= 4 is 28.9 Å². The summed E-state index contributed by atoms with van der Waals surface area (Å²) in [5.74, 6) is -0.244. The molecule has 0 bridgehead atoms. The predicted octanol–water partition coefficient (Wildman–Crippen LogP) is 3.39. The Morgan fingerprint density at radius 2 is 1.88 bits per heavy atom. The Kier molecular flexibility index (Phi) is 2.22. The zero-order valence-corrected chi connectivity index (χ0v) is 9.57. The highest BCUT2D eigenvalue weighted by Gasteiger charge is 2.11. The van der Waals surface area contributed by atoms with Crippen molar-refractivity contribution in [2.75, 3.05) is 0 Å². The van der Waals surface area contributed by atoms with E-state index in [2.05, 4.69) is 30.4 Å². The van der Waals surface area contributed by atoms with Gasteiger partial charge in [0.2, 0.25) is 0 Å². The zero-order chi connectivity index (χ0) is 11.8. The van der Waals surface area contributed by atoms with Crippen LogP contribution in [0.4, 0.5) is 0 Å². The Morgan fingerprint density at radius 1 is 1.12 bits per heavy atom. The predicted molar refractivity (Wildman–Crippen MR) is 68.3 cm³/mol. The van der Waals surface area contributed by atoms with E-state index < -0.39 is 0 Å². The van der Waals surface area contributed by atoms with E-state index in [1.54, 1.807) is 0 Å². The molecule has 0 radical (unpaired) electrons. The first-order valence-electron chi connectivity index (χ1n) is 5.62. The maximum absolute atomic E-state index is 10.9. The van der Waals surface area contributed by atoms with Gasteiger partial charge in [0.05, 0.1) is 0 Å². The SMILES string of the molecule is CC(=O)OCc1ccc2c3c(cccc13)C=C2. The van der Waals surface area contributed by atoms with Crippen LogP contribution in [0.3, 0.4) is 0 Å². The average molecular weight is 224 g/mol. The van der Waals surface area contributed by atoms with Crippen LogP contribution >= 0.6 is 0 Å². The van der Waals surface area contributed by atoms with Crippen molar-refractivity contribution in [1.82, 2.24) is 0 Å². The van der Waals surface area contributed by atoms with Crippen molar-refractivity contribution in [3.8, 4) is 0 Å². The number of hydrogen-bond donors (Lipinski definition) is 0. The van der Waals surface area contributed by atoms with Crippen LogP contribution in [0.15, 0.2) is 30.3 Å². The molecule has 2 nitrogen and oxygen atoms in total. The van der Waals surface area contributed by atoms with E-state index in [0.29, 0.717) is 6.61 Å². The molecule has 17 heavy (non-hydrogen) atoms. The van der Waals surface area contributed by atoms with Gasteiger partial charge in [-0.3, -0.25) is 4.79 Å². The van der Waals surface area contributed by atoms with Gasteiger partial charge in [0, 0.05) is 6.92 Å². The molecule has 0 saturated heterocycles. The number of ether oxygens (including phenoxy) is 1. The smallest absolute Gasteiger partial charge is 0.302 e. The van der Waals surface area contributed by atoms with E-state index in [-0.39, 0.29) is 5.97 Å². The van der Waals surface area contributed by atoms with Gasteiger partial charge in [0.15, 0.2) is 0 Å². The topological polar surface area (TPSA) is 26.3 Å². The number of benzene rings is 2. The highest BCUT2D eigenvalue weighted by molar-refractivity contribution is 6.05. The van der Waals surface area contributed by atoms with Crippen LogP contribution in [0.25, 0.3) is 22.9 Å². The summed E-state index contributed by atoms with van der Waals surface area (Å²) < 4.78 is 5.08. The van der Waals surface area contributed by atoms with Gasteiger partial charge in [-0.15, -0.1) is 0 Å². The highest BCUT2D eigenvalue weighted by Crippen LogP contribution is 2.33. The molecule has 0 heterocycles. The van der Waals surface area contributed by atoms with Crippen molar-refractivity contribution in [3.05, 3.63) is 47.0 Å². The minimum atomic E-state index is -0.244. The molecule has 2 aromatic rings. The molecular weight excluding hydrogens is 212 g/mol. The molecule has 0 amide bonds. The summed E-state index contributed by atoms with van der Waals surface area (Å²) in [6, 6.07) is 10.3. The van der Waals surface area contributed by atoms with Crippen LogP contribution in [0, 0.1) is 0 Å². The van der Waals surface area contributed by atoms with E-state index in [1.165, 1.54) is 28.8 Å². The number of esters is 1. The first-order chi connectivity index (χ1) is 8.25. The molecule has 0 aromatic heterocycles. The monoisotopic (exact) mass is 224 g/mol. The van der Waals surface area contributed by atoms with Gasteiger partial charge in [-0.25, -0.2) is 0 Å². The van der Waals surface area contributed by atoms with Crippen molar-refractivity contribution in [1.29, 1.82) is 0 Å². The van der Waals surface area contributed by atoms with Gasteiger partial charge >= 0.3 is 5.97 Å². The summed E-state index contributed by atoms with van der Waals surface area (Å²) in [6.45, 7) is 1.77. The Morgan fingerprint density at radius 3 is 2.65 bits per heavy atom. The summed E-state index contributed by atoms with van der Waals surface area (Å²) in [6.07, 6.45) is 4.24. The highest BCUT2D eigenvalue weighted by atomic mass is 16.5. The van der Waals surface area contributed by atoms with Crippen LogP contribution < -0.4 is 0 Å². The minimum absolute atomic E-state index is 0.244. The normalized spacial score (nSPS) is 12.1. The van der Waals surface area contributed by atoms with Crippen molar-refractivity contribution < 1.29 is 9.53 Å².